The van der Waals surface area contributed by atoms with E-state index in [1.807, 2.05) is 66.7 Å². The number of aromatic nitrogens is 1. The summed E-state index contributed by atoms with van der Waals surface area (Å²) in [5.41, 5.74) is 4.16. The molecule has 0 radical (unpaired) electrons. The van der Waals surface area contributed by atoms with Gasteiger partial charge in [0.25, 0.3) is 0 Å². The molecule has 4 aromatic rings. The van der Waals surface area contributed by atoms with Crippen LogP contribution in [0.1, 0.15) is 11.1 Å². The Morgan fingerprint density at radius 3 is 2.03 bits per heavy atom. The Labute approximate surface area is 215 Å². The molecule has 186 valence electrons. The largest absolute Gasteiger partial charge is 0.497 e. The van der Waals surface area contributed by atoms with E-state index >= 15 is 0 Å². The summed E-state index contributed by atoms with van der Waals surface area (Å²) in [6.45, 7) is 0.189. The van der Waals surface area contributed by atoms with Crippen molar-refractivity contribution in [3.8, 4) is 45.8 Å². The Kier molecular flexibility index (Phi) is 7.41. The Bertz CT molecular complexity index is 1440. The number of pyridine rings is 1. The predicted molar refractivity (Wildman–Crippen MR) is 142 cm³/mol. The van der Waals surface area contributed by atoms with Crippen LogP contribution in [0.15, 0.2) is 54.6 Å². The van der Waals surface area contributed by atoms with Crippen molar-refractivity contribution in [2.45, 2.75) is 0 Å². The lowest BCUT2D eigenvalue weighted by Gasteiger charge is -2.13. The van der Waals surface area contributed by atoms with Crippen molar-refractivity contribution in [2.24, 2.45) is 0 Å². The molecule has 8 heteroatoms. The van der Waals surface area contributed by atoms with E-state index in [4.69, 9.17) is 33.4 Å². The van der Waals surface area contributed by atoms with Gasteiger partial charge in [0.05, 0.1) is 39.6 Å². The van der Waals surface area contributed by atoms with E-state index in [0.717, 1.165) is 44.8 Å². The van der Waals surface area contributed by atoms with Gasteiger partial charge in [-0.05, 0) is 54.1 Å². The van der Waals surface area contributed by atoms with Gasteiger partial charge in [0.1, 0.15) is 23.0 Å². The van der Waals surface area contributed by atoms with Crippen molar-refractivity contribution in [3.05, 3.63) is 65.7 Å². The highest BCUT2D eigenvalue weighted by molar-refractivity contribution is 5.95. The van der Waals surface area contributed by atoms with Crippen LogP contribution in [-0.4, -0.2) is 40.2 Å². The third kappa shape index (κ3) is 4.70. The highest BCUT2D eigenvalue weighted by atomic mass is 35.5. The summed E-state index contributed by atoms with van der Waals surface area (Å²) in [5, 5.41) is 0.929. The number of rotatable bonds is 7. The third-order valence-electron chi connectivity index (χ3n) is 5.90. The molecule has 0 atom stereocenters. The predicted octanol–water partition coefficient (Wildman–Crippen LogP) is 6.26. The molecule has 0 N–H and O–H groups in total. The number of methoxy groups -OCH3 is 4. The van der Waals surface area contributed by atoms with Crippen molar-refractivity contribution in [1.29, 1.82) is 0 Å². The summed E-state index contributed by atoms with van der Waals surface area (Å²) in [4.78, 5) is 4.93. The molecular formula is C28H26ClNO6. The first-order valence-electron chi connectivity index (χ1n) is 11.0. The first-order valence-corrected chi connectivity index (χ1v) is 11.0. The second-order valence-electron chi connectivity index (χ2n) is 7.83. The van der Waals surface area contributed by atoms with Gasteiger partial charge < -0.3 is 28.4 Å². The minimum atomic E-state index is 0. The third-order valence-corrected chi connectivity index (χ3v) is 5.90. The highest BCUT2D eigenvalue weighted by Crippen LogP contribution is 2.40. The smallest absolute Gasteiger partial charge is 0.231 e. The second kappa shape index (κ2) is 10.7. The molecule has 0 fully saturated rings. The highest BCUT2D eigenvalue weighted by Gasteiger charge is 2.18. The molecule has 5 rings (SSSR count). The summed E-state index contributed by atoms with van der Waals surface area (Å²) in [6, 6.07) is 17.2. The van der Waals surface area contributed by atoms with Crippen LogP contribution in [0, 0.1) is 0 Å². The average Bonchev–Trinajstić information content (AvgIpc) is 3.37. The monoisotopic (exact) mass is 507 g/mol. The molecule has 7 nitrogen and oxygen atoms in total. The van der Waals surface area contributed by atoms with Gasteiger partial charge in [-0.3, -0.25) is 0 Å². The summed E-state index contributed by atoms with van der Waals surface area (Å²) in [7, 11) is 6.56. The van der Waals surface area contributed by atoms with Crippen LogP contribution in [0.25, 0.3) is 34.3 Å². The maximum absolute atomic E-state index is 5.63. The van der Waals surface area contributed by atoms with E-state index in [-0.39, 0.29) is 19.2 Å². The van der Waals surface area contributed by atoms with E-state index in [9.17, 15) is 0 Å². The molecule has 1 aromatic heterocycles. The number of hydrogen-bond acceptors (Lipinski definition) is 7. The van der Waals surface area contributed by atoms with Gasteiger partial charge in [-0.2, -0.15) is 0 Å². The zero-order valence-electron chi connectivity index (χ0n) is 20.4. The molecule has 0 aliphatic carbocycles. The lowest BCUT2D eigenvalue weighted by Crippen LogP contribution is -1.94. The van der Waals surface area contributed by atoms with Crippen molar-refractivity contribution in [3.63, 3.8) is 0 Å². The molecule has 0 saturated carbocycles. The normalized spacial score (nSPS) is 11.9. The number of hydrogen-bond donors (Lipinski definition) is 0. The van der Waals surface area contributed by atoms with Gasteiger partial charge in [-0.1, -0.05) is 12.2 Å². The fraction of sp³-hybridized carbons (Fsp3) is 0.179. The number of ether oxygens (including phenoxy) is 6. The lowest BCUT2D eigenvalue weighted by atomic mass is 10.0. The summed E-state index contributed by atoms with van der Waals surface area (Å²) >= 11 is 0. The SMILES string of the molecule is COc1ccc(OC)c(C=Cc2cc(-c3cc(OC)ccc3OC)nc3cc4c(cc23)OCO4)c1.Cl. The van der Waals surface area contributed by atoms with E-state index in [0.29, 0.717) is 23.0 Å². The summed E-state index contributed by atoms with van der Waals surface area (Å²) < 4.78 is 33.2. The van der Waals surface area contributed by atoms with Crippen molar-refractivity contribution >= 4 is 35.5 Å². The van der Waals surface area contributed by atoms with E-state index in [1.165, 1.54) is 0 Å². The van der Waals surface area contributed by atoms with Crippen LogP contribution < -0.4 is 28.4 Å². The molecule has 0 amide bonds. The number of nitrogens with zero attached hydrogens (tertiary/aromatic N) is 1. The zero-order valence-corrected chi connectivity index (χ0v) is 21.2. The summed E-state index contributed by atoms with van der Waals surface area (Å²) in [6.07, 6.45) is 4.02. The number of halogens is 1. The molecule has 36 heavy (non-hydrogen) atoms. The van der Waals surface area contributed by atoms with Gasteiger partial charge >= 0.3 is 0 Å². The maximum Gasteiger partial charge on any atom is 0.231 e. The van der Waals surface area contributed by atoms with Crippen molar-refractivity contribution < 1.29 is 28.4 Å². The molecule has 0 spiro atoms. The van der Waals surface area contributed by atoms with Crippen molar-refractivity contribution in [1.82, 2.24) is 4.98 Å². The average molecular weight is 508 g/mol. The van der Waals surface area contributed by atoms with Crippen LogP contribution in [0.5, 0.6) is 34.5 Å². The minimum Gasteiger partial charge on any atom is -0.497 e. The van der Waals surface area contributed by atoms with E-state index < -0.39 is 0 Å². The molecule has 0 bridgehead atoms. The quantitative estimate of drug-likeness (QED) is 0.292. The minimum absolute atomic E-state index is 0. The fourth-order valence-electron chi connectivity index (χ4n) is 4.08. The van der Waals surface area contributed by atoms with Crippen LogP contribution >= 0.6 is 12.4 Å². The van der Waals surface area contributed by atoms with E-state index in [1.54, 1.807) is 28.4 Å². The zero-order chi connectivity index (χ0) is 24.4. The number of fused-ring (bicyclic) bond motifs is 2. The second-order valence-corrected chi connectivity index (χ2v) is 7.83. The molecule has 0 saturated heterocycles. The van der Waals surface area contributed by atoms with Gasteiger partial charge in [-0.15, -0.1) is 12.4 Å². The van der Waals surface area contributed by atoms with Crippen LogP contribution in [-0.2, 0) is 0 Å². The van der Waals surface area contributed by atoms with Crippen LogP contribution in [0.4, 0.5) is 0 Å². The molecular weight excluding hydrogens is 482 g/mol. The molecule has 1 aliphatic heterocycles. The Morgan fingerprint density at radius 2 is 1.33 bits per heavy atom. The van der Waals surface area contributed by atoms with Crippen LogP contribution in [0.2, 0.25) is 0 Å². The van der Waals surface area contributed by atoms with Crippen LogP contribution in [0.3, 0.4) is 0 Å². The van der Waals surface area contributed by atoms with Crippen molar-refractivity contribution in [2.75, 3.05) is 35.2 Å². The number of benzene rings is 3. The van der Waals surface area contributed by atoms with Gasteiger partial charge in [0.2, 0.25) is 6.79 Å². The Balaban J connectivity index is 0.00000304. The maximum atomic E-state index is 5.63. The standard InChI is InChI=1S/C28H25NO6.ClH/c1-30-19-7-9-25(32-3)18(11-19)6-5-17-12-23(22-13-20(31-2)8-10-26(22)33-4)29-24-15-28-27(14-21(17)24)34-16-35-28;/h5-15H,16H2,1-4H3;1H. The lowest BCUT2D eigenvalue weighted by molar-refractivity contribution is 0.174. The molecule has 1 aliphatic rings. The topological polar surface area (TPSA) is 68.3 Å². The van der Waals surface area contributed by atoms with Gasteiger partial charge in [0.15, 0.2) is 11.5 Å². The fourth-order valence-corrected chi connectivity index (χ4v) is 4.08. The molecule has 2 heterocycles. The van der Waals surface area contributed by atoms with Gasteiger partial charge in [-0.25, -0.2) is 4.98 Å². The first kappa shape index (κ1) is 25.0. The Morgan fingerprint density at radius 1 is 0.694 bits per heavy atom. The van der Waals surface area contributed by atoms with E-state index in [2.05, 4.69) is 0 Å². The Hall–Kier alpha value is -4.10. The van der Waals surface area contributed by atoms with Gasteiger partial charge in [0, 0.05) is 22.6 Å². The molecule has 3 aromatic carbocycles. The first-order chi connectivity index (χ1) is 17.1. The summed E-state index contributed by atoms with van der Waals surface area (Å²) in [5.74, 6) is 4.26. The molecule has 0 unspecified atom stereocenters.